The Morgan fingerprint density at radius 1 is 0.920 bits per heavy atom. The van der Waals surface area contributed by atoms with Gasteiger partial charge in [-0.05, 0) is 61.7 Å². The fourth-order valence-electron chi connectivity index (χ4n) is 4.06. The molecule has 126 valence electrons. The van der Waals surface area contributed by atoms with Gasteiger partial charge in [-0.15, -0.1) is 0 Å². The highest BCUT2D eigenvalue weighted by atomic mass is 15.1. The van der Waals surface area contributed by atoms with Crippen LogP contribution in [0.1, 0.15) is 29.9 Å². The van der Waals surface area contributed by atoms with Crippen molar-refractivity contribution in [3.05, 3.63) is 60.2 Å². The van der Waals surface area contributed by atoms with Gasteiger partial charge in [-0.1, -0.05) is 0 Å². The zero-order chi connectivity index (χ0) is 16.6. The van der Waals surface area contributed by atoms with E-state index in [2.05, 4.69) is 49.4 Å². The van der Waals surface area contributed by atoms with Crippen molar-refractivity contribution in [1.82, 2.24) is 24.8 Å². The van der Waals surface area contributed by atoms with Crippen LogP contribution in [0.15, 0.2) is 49.1 Å². The predicted molar refractivity (Wildman–Crippen MR) is 99.4 cm³/mol. The quantitative estimate of drug-likeness (QED) is 0.600. The van der Waals surface area contributed by atoms with E-state index < -0.39 is 0 Å². The largest absolute Gasteiger partial charge is 0.360 e. The van der Waals surface area contributed by atoms with Gasteiger partial charge >= 0.3 is 0 Å². The average Bonchev–Trinajstić information content (AvgIpc) is 3.27. The standard InChI is InChI=1S/C20H21N5/c1-3-17-19(21-7-1)15(11-23-17)13-25-9-5-14(6-10-25)16-12-24-18-4-2-8-22-20(16)18/h1-4,7-8,11-12,14,23-24H,5-6,9-10,13H2. The predicted octanol–water partition coefficient (Wildman–Crippen LogP) is 3.82. The number of hydrogen-bond donors (Lipinski definition) is 2. The van der Waals surface area contributed by atoms with Gasteiger partial charge < -0.3 is 9.97 Å². The second-order valence-electron chi connectivity index (χ2n) is 6.91. The highest BCUT2D eigenvalue weighted by Crippen LogP contribution is 2.32. The number of hydrogen-bond acceptors (Lipinski definition) is 3. The second kappa shape index (κ2) is 6.01. The van der Waals surface area contributed by atoms with Crippen LogP contribution in [0.4, 0.5) is 0 Å². The third kappa shape index (κ3) is 2.61. The molecule has 25 heavy (non-hydrogen) atoms. The van der Waals surface area contributed by atoms with E-state index in [-0.39, 0.29) is 0 Å². The number of piperidine rings is 1. The molecule has 4 aromatic heterocycles. The molecule has 5 nitrogen and oxygen atoms in total. The maximum atomic E-state index is 4.57. The first kappa shape index (κ1) is 14.7. The average molecular weight is 331 g/mol. The highest BCUT2D eigenvalue weighted by Gasteiger charge is 2.23. The molecule has 1 fully saturated rings. The SMILES string of the molecule is c1cnc2c(CN3CCC(c4c[nH]c5cccnc45)CC3)c[nH]c2c1. The second-order valence-corrected chi connectivity index (χ2v) is 6.91. The molecule has 1 aliphatic rings. The summed E-state index contributed by atoms with van der Waals surface area (Å²) in [6.45, 7) is 3.20. The van der Waals surface area contributed by atoms with Gasteiger partial charge in [-0.3, -0.25) is 14.9 Å². The van der Waals surface area contributed by atoms with Crippen molar-refractivity contribution in [1.29, 1.82) is 0 Å². The third-order valence-corrected chi connectivity index (χ3v) is 5.40. The molecule has 0 amide bonds. The third-order valence-electron chi connectivity index (χ3n) is 5.40. The van der Waals surface area contributed by atoms with Gasteiger partial charge in [0.1, 0.15) is 0 Å². The van der Waals surface area contributed by atoms with Crippen LogP contribution in [0.25, 0.3) is 22.1 Å². The number of aromatic nitrogens is 4. The lowest BCUT2D eigenvalue weighted by Crippen LogP contribution is -2.32. The Kier molecular flexibility index (Phi) is 3.52. The lowest BCUT2D eigenvalue weighted by Gasteiger charge is -2.31. The number of rotatable bonds is 3. The molecule has 0 saturated carbocycles. The van der Waals surface area contributed by atoms with E-state index in [1.807, 2.05) is 24.5 Å². The molecule has 1 aliphatic heterocycles. The van der Waals surface area contributed by atoms with Crippen molar-refractivity contribution in [2.24, 2.45) is 0 Å². The molecule has 0 spiro atoms. The van der Waals surface area contributed by atoms with Crippen LogP contribution in [0, 0.1) is 0 Å². The van der Waals surface area contributed by atoms with Crippen LogP contribution in [0.2, 0.25) is 0 Å². The Morgan fingerprint density at radius 2 is 1.60 bits per heavy atom. The van der Waals surface area contributed by atoms with Gasteiger partial charge in [0.2, 0.25) is 0 Å². The Balaban J connectivity index is 1.30. The number of fused-ring (bicyclic) bond motifs is 2. The summed E-state index contributed by atoms with van der Waals surface area (Å²) >= 11 is 0. The van der Waals surface area contributed by atoms with Crippen molar-refractivity contribution < 1.29 is 0 Å². The summed E-state index contributed by atoms with van der Waals surface area (Å²) in [6, 6.07) is 8.15. The maximum Gasteiger partial charge on any atom is 0.0923 e. The van der Waals surface area contributed by atoms with Crippen LogP contribution in [0.5, 0.6) is 0 Å². The summed E-state index contributed by atoms with van der Waals surface area (Å²) < 4.78 is 0. The van der Waals surface area contributed by atoms with Gasteiger partial charge in [0.05, 0.1) is 22.1 Å². The van der Waals surface area contributed by atoms with Crippen molar-refractivity contribution in [2.45, 2.75) is 25.3 Å². The van der Waals surface area contributed by atoms with E-state index in [9.17, 15) is 0 Å². The molecule has 4 aromatic rings. The van der Waals surface area contributed by atoms with Crippen molar-refractivity contribution in [3.63, 3.8) is 0 Å². The minimum atomic E-state index is 0.598. The zero-order valence-corrected chi connectivity index (χ0v) is 14.1. The first-order valence-electron chi connectivity index (χ1n) is 8.94. The Labute approximate surface area is 146 Å². The van der Waals surface area contributed by atoms with Gasteiger partial charge in [0, 0.05) is 36.9 Å². The van der Waals surface area contributed by atoms with Crippen molar-refractivity contribution in [3.8, 4) is 0 Å². The molecule has 0 radical (unpaired) electrons. The van der Waals surface area contributed by atoms with Crippen LogP contribution >= 0.6 is 0 Å². The van der Waals surface area contributed by atoms with E-state index >= 15 is 0 Å². The van der Waals surface area contributed by atoms with Gasteiger partial charge in [0.15, 0.2) is 0 Å². The van der Waals surface area contributed by atoms with Crippen molar-refractivity contribution in [2.75, 3.05) is 13.1 Å². The normalized spacial score (nSPS) is 16.8. The van der Waals surface area contributed by atoms with Crippen LogP contribution in [-0.2, 0) is 6.54 Å². The number of H-pyrrole nitrogens is 2. The molecule has 5 heteroatoms. The molecule has 1 saturated heterocycles. The van der Waals surface area contributed by atoms with E-state index in [1.165, 1.54) is 24.0 Å². The topological polar surface area (TPSA) is 60.6 Å². The molecule has 0 atom stereocenters. The Hall–Kier alpha value is -2.66. The summed E-state index contributed by atoms with van der Waals surface area (Å²) in [5.74, 6) is 0.598. The van der Waals surface area contributed by atoms with Crippen LogP contribution in [-0.4, -0.2) is 37.9 Å². The summed E-state index contributed by atoms with van der Waals surface area (Å²) in [4.78, 5) is 18.3. The minimum Gasteiger partial charge on any atom is -0.360 e. The number of pyridine rings is 2. The van der Waals surface area contributed by atoms with E-state index in [4.69, 9.17) is 0 Å². The monoisotopic (exact) mass is 331 g/mol. The summed E-state index contributed by atoms with van der Waals surface area (Å²) in [6.07, 6.45) is 10.4. The molecule has 2 N–H and O–H groups in total. The van der Waals surface area contributed by atoms with E-state index in [0.717, 1.165) is 41.7 Å². The van der Waals surface area contributed by atoms with E-state index in [1.54, 1.807) is 0 Å². The molecule has 0 bridgehead atoms. The van der Waals surface area contributed by atoms with Gasteiger partial charge in [0.25, 0.3) is 0 Å². The first-order chi connectivity index (χ1) is 12.4. The molecular weight excluding hydrogens is 310 g/mol. The molecule has 5 rings (SSSR count). The summed E-state index contributed by atoms with van der Waals surface area (Å²) in [5.41, 5.74) is 7.18. The fourth-order valence-corrected chi connectivity index (χ4v) is 4.06. The Bertz CT molecular complexity index is 1010. The molecule has 0 unspecified atom stereocenters. The lowest BCUT2D eigenvalue weighted by atomic mass is 9.90. The summed E-state index contributed by atoms with van der Waals surface area (Å²) in [5, 5.41) is 0. The molecule has 0 aliphatic carbocycles. The molecule has 0 aromatic carbocycles. The van der Waals surface area contributed by atoms with Crippen LogP contribution < -0.4 is 0 Å². The fraction of sp³-hybridized carbons (Fsp3) is 0.300. The van der Waals surface area contributed by atoms with Crippen molar-refractivity contribution >= 4 is 22.1 Å². The number of likely N-dealkylation sites (tertiary alicyclic amines) is 1. The molecular formula is C20H21N5. The minimum absolute atomic E-state index is 0.598. The van der Waals surface area contributed by atoms with E-state index in [0.29, 0.717) is 5.92 Å². The smallest absolute Gasteiger partial charge is 0.0923 e. The highest BCUT2D eigenvalue weighted by molar-refractivity contribution is 5.79. The number of nitrogens with zero attached hydrogens (tertiary/aromatic N) is 3. The first-order valence-corrected chi connectivity index (χ1v) is 8.94. The molecule has 5 heterocycles. The Morgan fingerprint density at radius 3 is 2.40 bits per heavy atom. The summed E-state index contributed by atoms with van der Waals surface area (Å²) in [7, 11) is 0. The van der Waals surface area contributed by atoms with Crippen LogP contribution in [0.3, 0.4) is 0 Å². The number of aromatic amines is 2. The zero-order valence-electron chi connectivity index (χ0n) is 14.1. The van der Waals surface area contributed by atoms with Gasteiger partial charge in [-0.2, -0.15) is 0 Å². The maximum absolute atomic E-state index is 4.57. The van der Waals surface area contributed by atoms with Gasteiger partial charge in [-0.25, -0.2) is 0 Å². The lowest BCUT2D eigenvalue weighted by molar-refractivity contribution is 0.205. The number of nitrogens with one attached hydrogen (secondary N) is 2.